The molecule has 0 radical (unpaired) electrons. The molecule has 0 aliphatic carbocycles. The highest BCUT2D eigenvalue weighted by Crippen LogP contribution is 2.27. The number of carbonyl (C=O) groups excluding carboxylic acids is 1. The van der Waals surface area contributed by atoms with E-state index in [1.54, 1.807) is 0 Å². The van der Waals surface area contributed by atoms with E-state index < -0.39 is 0 Å². The highest BCUT2D eigenvalue weighted by atomic mass is 16.2. The van der Waals surface area contributed by atoms with E-state index in [1.807, 2.05) is 11.0 Å². The number of piperidine rings is 1. The third-order valence-corrected chi connectivity index (χ3v) is 3.63. The topological polar surface area (TPSA) is 51.0 Å². The zero-order chi connectivity index (χ0) is 13.1. The Morgan fingerprint density at radius 1 is 1.05 bits per heavy atom. The third-order valence-electron chi connectivity index (χ3n) is 3.63. The van der Waals surface area contributed by atoms with Gasteiger partial charge in [0, 0.05) is 13.1 Å². The molecule has 19 heavy (non-hydrogen) atoms. The van der Waals surface area contributed by atoms with Crippen LogP contribution in [0.1, 0.15) is 24.3 Å². The molecule has 1 aliphatic rings. The molecule has 0 N–H and O–H groups in total. The maximum Gasteiger partial charge on any atom is 0.362 e. The van der Waals surface area contributed by atoms with Crippen molar-refractivity contribution in [3.05, 3.63) is 48.3 Å². The van der Waals surface area contributed by atoms with Crippen LogP contribution >= 0.6 is 0 Å². The van der Waals surface area contributed by atoms with Crippen molar-refractivity contribution in [3.63, 3.8) is 0 Å². The first-order valence-electron chi connectivity index (χ1n) is 6.55. The molecule has 1 amide bonds. The van der Waals surface area contributed by atoms with Crippen LogP contribution in [0.2, 0.25) is 0 Å². The predicted octanol–water partition coefficient (Wildman–Crippen LogP) is 2.13. The zero-order valence-electron chi connectivity index (χ0n) is 10.6. The Labute approximate surface area is 111 Å². The number of nitrogens with zero attached hydrogens (tertiary/aromatic N) is 4. The van der Waals surface area contributed by atoms with Gasteiger partial charge in [-0.2, -0.15) is 10.2 Å². The predicted molar refractivity (Wildman–Crippen MR) is 70.8 cm³/mol. The number of benzene rings is 1. The second-order valence-electron chi connectivity index (χ2n) is 4.77. The van der Waals surface area contributed by atoms with Crippen molar-refractivity contribution in [1.29, 1.82) is 0 Å². The van der Waals surface area contributed by atoms with Crippen LogP contribution < -0.4 is 0 Å². The van der Waals surface area contributed by atoms with Gasteiger partial charge in [0.05, 0.1) is 12.4 Å². The summed E-state index contributed by atoms with van der Waals surface area (Å²) in [6.07, 6.45) is 5.04. The van der Waals surface area contributed by atoms with Gasteiger partial charge in [0.1, 0.15) is 0 Å². The van der Waals surface area contributed by atoms with E-state index in [4.69, 9.17) is 0 Å². The molecule has 0 bridgehead atoms. The fraction of sp³-hybridized carbons (Fsp3) is 0.357. The summed E-state index contributed by atoms with van der Waals surface area (Å²) in [6.45, 7) is 1.53. The summed E-state index contributed by atoms with van der Waals surface area (Å²) < 4.78 is 0. The lowest BCUT2D eigenvalue weighted by Crippen LogP contribution is -2.41. The molecule has 2 aromatic rings. The van der Waals surface area contributed by atoms with Crippen molar-refractivity contribution in [2.75, 3.05) is 13.1 Å². The van der Waals surface area contributed by atoms with Gasteiger partial charge in [-0.05, 0) is 24.3 Å². The maximum absolute atomic E-state index is 12.1. The summed E-state index contributed by atoms with van der Waals surface area (Å²) in [5.41, 5.74) is 1.37. The van der Waals surface area contributed by atoms with Crippen LogP contribution in [0.4, 0.5) is 4.79 Å². The van der Waals surface area contributed by atoms with Crippen molar-refractivity contribution < 1.29 is 4.79 Å². The molecule has 0 atom stereocenters. The first kappa shape index (κ1) is 11.9. The van der Waals surface area contributed by atoms with Gasteiger partial charge >= 0.3 is 6.03 Å². The summed E-state index contributed by atoms with van der Waals surface area (Å²) in [6, 6.07) is 10.4. The molecule has 2 heterocycles. The summed E-state index contributed by atoms with van der Waals surface area (Å²) >= 11 is 0. The Hall–Kier alpha value is -2.17. The van der Waals surface area contributed by atoms with Gasteiger partial charge in [-0.25, -0.2) is 4.79 Å². The van der Waals surface area contributed by atoms with Crippen molar-refractivity contribution >= 4 is 6.03 Å². The summed E-state index contributed by atoms with van der Waals surface area (Å²) in [5.74, 6) is 0.552. The molecule has 0 saturated carbocycles. The van der Waals surface area contributed by atoms with Crippen molar-refractivity contribution in [2.24, 2.45) is 0 Å². The largest absolute Gasteiger partial charge is 0.362 e. The third kappa shape index (κ3) is 2.50. The molecule has 1 fully saturated rings. The molecule has 0 spiro atoms. The van der Waals surface area contributed by atoms with E-state index in [0.717, 1.165) is 30.7 Å². The zero-order valence-corrected chi connectivity index (χ0v) is 10.6. The second kappa shape index (κ2) is 5.22. The molecule has 1 aliphatic heterocycles. The van der Waals surface area contributed by atoms with E-state index in [-0.39, 0.29) is 6.03 Å². The SMILES string of the molecule is O=C(N1CCC(c2ccccc2)CC1)n1nccn1. The van der Waals surface area contributed by atoms with Crippen LogP contribution in [0.15, 0.2) is 42.7 Å². The lowest BCUT2D eigenvalue weighted by molar-refractivity contribution is 0.176. The Morgan fingerprint density at radius 2 is 1.68 bits per heavy atom. The highest BCUT2D eigenvalue weighted by molar-refractivity contribution is 5.74. The van der Waals surface area contributed by atoms with Crippen LogP contribution in [-0.2, 0) is 0 Å². The molecule has 3 rings (SSSR count). The summed E-state index contributed by atoms with van der Waals surface area (Å²) in [5, 5.41) is 7.77. The van der Waals surface area contributed by atoms with Gasteiger partial charge in [-0.15, -0.1) is 0 Å². The number of rotatable bonds is 1. The number of carbonyl (C=O) groups is 1. The minimum atomic E-state index is -0.128. The Bertz CT molecular complexity index is 530. The van der Waals surface area contributed by atoms with Gasteiger partial charge < -0.3 is 4.90 Å². The first-order valence-corrected chi connectivity index (χ1v) is 6.55. The molecular formula is C14H16N4O. The van der Waals surface area contributed by atoms with Gasteiger partial charge in [-0.3, -0.25) is 0 Å². The normalized spacial score (nSPS) is 16.5. The average Bonchev–Trinajstić information content (AvgIpc) is 3.02. The standard InChI is InChI=1S/C14H16N4O/c19-14(18-15-8-9-16-18)17-10-6-13(7-11-17)12-4-2-1-3-5-12/h1-5,8-9,13H,6-7,10-11H2. The molecule has 1 aromatic carbocycles. The highest BCUT2D eigenvalue weighted by Gasteiger charge is 2.25. The smallest absolute Gasteiger partial charge is 0.322 e. The molecule has 5 nitrogen and oxygen atoms in total. The lowest BCUT2D eigenvalue weighted by atomic mass is 9.90. The van der Waals surface area contributed by atoms with Gasteiger partial charge in [-0.1, -0.05) is 35.1 Å². The first-order chi connectivity index (χ1) is 9.34. The van der Waals surface area contributed by atoms with Crippen LogP contribution in [0, 0.1) is 0 Å². The van der Waals surface area contributed by atoms with E-state index in [9.17, 15) is 4.79 Å². The number of aromatic nitrogens is 3. The van der Waals surface area contributed by atoms with Crippen molar-refractivity contribution in [1.82, 2.24) is 19.9 Å². The van der Waals surface area contributed by atoms with Crippen molar-refractivity contribution in [2.45, 2.75) is 18.8 Å². The summed E-state index contributed by atoms with van der Waals surface area (Å²) in [7, 11) is 0. The fourth-order valence-electron chi connectivity index (χ4n) is 2.57. The number of hydrogen-bond acceptors (Lipinski definition) is 3. The van der Waals surface area contributed by atoms with Crippen LogP contribution in [-0.4, -0.2) is 39.0 Å². The quantitative estimate of drug-likeness (QED) is 0.785. The molecule has 5 heteroatoms. The summed E-state index contributed by atoms with van der Waals surface area (Å²) in [4.78, 5) is 15.0. The van der Waals surface area contributed by atoms with Crippen molar-refractivity contribution in [3.8, 4) is 0 Å². The molecular weight excluding hydrogens is 240 g/mol. The number of hydrogen-bond donors (Lipinski definition) is 0. The minimum absolute atomic E-state index is 0.128. The van der Waals surface area contributed by atoms with E-state index in [1.165, 1.54) is 18.0 Å². The van der Waals surface area contributed by atoms with Gasteiger partial charge in [0.2, 0.25) is 0 Å². The Kier molecular flexibility index (Phi) is 3.27. The van der Waals surface area contributed by atoms with E-state index >= 15 is 0 Å². The monoisotopic (exact) mass is 256 g/mol. The van der Waals surface area contributed by atoms with Crippen LogP contribution in [0.3, 0.4) is 0 Å². The Balaban J connectivity index is 1.62. The van der Waals surface area contributed by atoms with Crippen LogP contribution in [0.5, 0.6) is 0 Å². The van der Waals surface area contributed by atoms with E-state index in [0.29, 0.717) is 5.92 Å². The van der Waals surface area contributed by atoms with Gasteiger partial charge in [0.15, 0.2) is 0 Å². The maximum atomic E-state index is 12.1. The average molecular weight is 256 g/mol. The molecule has 1 saturated heterocycles. The molecule has 0 unspecified atom stereocenters. The minimum Gasteiger partial charge on any atom is -0.322 e. The van der Waals surface area contributed by atoms with Crippen LogP contribution in [0.25, 0.3) is 0 Å². The number of amides is 1. The Morgan fingerprint density at radius 3 is 2.32 bits per heavy atom. The second-order valence-corrected chi connectivity index (χ2v) is 4.77. The van der Waals surface area contributed by atoms with E-state index in [2.05, 4.69) is 34.5 Å². The molecule has 1 aromatic heterocycles. The lowest BCUT2D eigenvalue weighted by Gasteiger charge is -2.31. The molecule has 98 valence electrons. The number of likely N-dealkylation sites (tertiary alicyclic amines) is 1. The fourth-order valence-corrected chi connectivity index (χ4v) is 2.57. The van der Waals surface area contributed by atoms with Gasteiger partial charge in [0.25, 0.3) is 0 Å².